The number of sulfonamides is 1. The van der Waals surface area contributed by atoms with Gasteiger partial charge in [0.2, 0.25) is 0 Å². The number of aryl methyl sites for hydroxylation is 1. The summed E-state index contributed by atoms with van der Waals surface area (Å²) in [5.74, 6) is 0. The molecule has 1 atom stereocenters. The second-order valence-electron chi connectivity index (χ2n) is 4.63. The van der Waals surface area contributed by atoms with Crippen LogP contribution in [0.15, 0.2) is 17.6 Å². The number of aromatic nitrogens is 2. The van der Waals surface area contributed by atoms with Gasteiger partial charge in [-0.2, -0.15) is 4.31 Å². The second-order valence-corrected chi connectivity index (χ2v) is 6.51. The molecule has 1 fully saturated rings. The van der Waals surface area contributed by atoms with Crippen molar-refractivity contribution in [3.63, 3.8) is 0 Å². The van der Waals surface area contributed by atoms with Crippen molar-refractivity contribution in [2.45, 2.75) is 37.4 Å². The van der Waals surface area contributed by atoms with E-state index < -0.39 is 15.6 Å². The average molecular weight is 259 g/mol. The molecular weight excluding hydrogens is 242 g/mol. The Kier molecular flexibility index (Phi) is 3.01. The fourth-order valence-electron chi connectivity index (χ4n) is 1.89. The third-order valence-electron chi connectivity index (χ3n) is 3.00. The van der Waals surface area contributed by atoms with Crippen molar-refractivity contribution < 1.29 is 13.5 Å². The Morgan fingerprint density at radius 2 is 2.29 bits per heavy atom. The highest BCUT2D eigenvalue weighted by molar-refractivity contribution is 7.89. The van der Waals surface area contributed by atoms with E-state index in [1.807, 2.05) is 6.92 Å². The molecule has 0 aliphatic carbocycles. The highest BCUT2D eigenvalue weighted by atomic mass is 32.2. The van der Waals surface area contributed by atoms with E-state index in [2.05, 4.69) is 4.98 Å². The number of β-amino-alcohol motifs (C(OH)–C–C–N with tert-alkyl or cyclic N) is 1. The molecule has 1 aromatic heterocycles. The van der Waals surface area contributed by atoms with Crippen molar-refractivity contribution in [2.24, 2.45) is 0 Å². The molecule has 7 heteroatoms. The van der Waals surface area contributed by atoms with Gasteiger partial charge in [-0.3, -0.25) is 0 Å². The van der Waals surface area contributed by atoms with E-state index in [-0.39, 0.29) is 11.6 Å². The summed E-state index contributed by atoms with van der Waals surface area (Å²) in [5, 5.41) is 9.85. The average Bonchev–Trinajstić information content (AvgIpc) is 2.84. The molecule has 0 saturated carbocycles. The van der Waals surface area contributed by atoms with Crippen molar-refractivity contribution in [3.05, 3.63) is 12.5 Å². The summed E-state index contributed by atoms with van der Waals surface area (Å²) in [6.45, 7) is 4.72. The van der Waals surface area contributed by atoms with Gasteiger partial charge in [0.25, 0.3) is 10.0 Å². The summed E-state index contributed by atoms with van der Waals surface area (Å²) in [4.78, 5) is 3.90. The number of rotatable bonds is 3. The molecule has 0 aromatic carbocycles. The third-order valence-corrected chi connectivity index (χ3v) is 4.73. The molecule has 1 aromatic rings. The van der Waals surface area contributed by atoms with Crippen LogP contribution in [0.1, 0.15) is 20.3 Å². The predicted octanol–water partition coefficient (Wildman–Crippen LogP) is 0.0484. The van der Waals surface area contributed by atoms with Gasteiger partial charge in [-0.15, -0.1) is 0 Å². The van der Waals surface area contributed by atoms with Crippen LogP contribution in [0.3, 0.4) is 0 Å². The predicted molar refractivity (Wildman–Crippen MR) is 61.9 cm³/mol. The van der Waals surface area contributed by atoms with Crippen LogP contribution in [0.25, 0.3) is 0 Å². The smallest absolute Gasteiger partial charge is 0.262 e. The van der Waals surface area contributed by atoms with E-state index in [0.29, 0.717) is 19.5 Å². The highest BCUT2D eigenvalue weighted by Crippen LogP contribution is 2.25. The fourth-order valence-corrected chi connectivity index (χ4v) is 3.38. The molecule has 0 radical (unpaired) electrons. The molecule has 2 rings (SSSR count). The Morgan fingerprint density at radius 1 is 1.59 bits per heavy atom. The van der Waals surface area contributed by atoms with Crippen LogP contribution >= 0.6 is 0 Å². The Bertz CT molecular complexity index is 507. The molecule has 2 heterocycles. The van der Waals surface area contributed by atoms with Gasteiger partial charge in [0.1, 0.15) is 0 Å². The van der Waals surface area contributed by atoms with Crippen LogP contribution < -0.4 is 0 Å². The minimum absolute atomic E-state index is 0.0528. The van der Waals surface area contributed by atoms with E-state index in [9.17, 15) is 13.5 Å². The number of nitrogens with zero attached hydrogens (tertiary/aromatic N) is 3. The zero-order valence-electron chi connectivity index (χ0n) is 10.00. The largest absolute Gasteiger partial charge is 0.389 e. The van der Waals surface area contributed by atoms with Crippen molar-refractivity contribution in [1.29, 1.82) is 0 Å². The summed E-state index contributed by atoms with van der Waals surface area (Å²) in [5.41, 5.74) is -0.930. The van der Waals surface area contributed by atoms with Crippen LogP contribution in [-0.4, -0.2) is 46.1 Å². The maximum absolute atomic E-state index is 12.2. The van der Waals surface area contributed by atoms with Crippen molar-refractivity contribution in [3.8, 4) is 0 Å². The lowest BCUT2D eigenvalue weighted by Gasteiger charge is -2.17. The normalized spacial score (nSPS) is 26.5. The maximum Gasteiger partial charge on any atom is 0.262 e. The highest BCUT2D eigenvalue weighted by Gasteiger charge is 2.39. The summed E-state index contributed by atoms with van der Waals surface area (Å²) in [6, 6.07) is 0. The summed E-state index contributed by atoms with van der Waals surface area (Å²) in [6.07, 6.45) is 3.48. The molecule has 0 bridgehead atoms. The van der Waals surface area contributed by atoms with Gasteiger partial charge in [0.15, 0.2) is 5.03 Å². The molecule has 6 nitrogen and oxygen atoms in total. The summed E-state index contributed by atoms with van der Waals surface area (Å²) < 4.78 is 27.4. The summed E-state index contributed by atoms with van der Waals surface area (Å²) >= 11 is 0. The summed E-state index contributed by atoms with van der Waals surface area (Å²) in [7, 11) is -3.56. The first kappa shape index (κ1) is 12.5. The molecule has 0 amide bonds. The zero-order valence-corrected chi connectivity index (χ0v) is 10.8. The van der Waals surface area contributed by atoms with E-state index >= 15 is 0 Å². The minimum atomic E-state index is -3.56. The van der Waals surface area contributed by atoms with Gasteiger partial charge < -0.3 is 9.67 Å². The monoisotopic (exact) mass is 259 g/mol. The molecule has 1 N–H and O–H groups in total. The van der Waals surface area contributed by atoms with Gasteiger partial charge in [-0.1, -0.05) is 0 Å². The molecule has 1 unspecified atom stereocenters. The number of imidazole rings is 1. The van der Waals surface area contributed by atoms with Gasteiger partial charge in [0, 0.05) is 25.8 Å². The van der Waals surface area contributed by atoms with E-state index in [1.165, 1.54) is 16.8 Å². The molecule has 1 saturated heterocycles. The third kappa shape index (κ3) is 2.36. The van der Waals surface area contributed by atoms with Crippen molar-refractivity contribution in [2.75, 3.05) is 13.1 Å². The Hall–Kier alpha value is -0.920. The fraction of sp³-hybridized carbons (Fsp3) is 0.700. The maximum atomic E-state index is 12.2. The van der Waals surface area contributed by atoms with E-state index in [1.54, 1.807) is 11.5 Å². The van der Waals surface area contributed by atoms with Crippen LogP contribution in [0.4, 0.5) is 0 Å². The first-order valence-corrected chi connectivity index (χ1v) is 7.03. The molecular formula is C10H17N3O3S. The number of aliphatic hydroxyl groups is 1. The Morgan fingerprint density at radius 3 is 2.76 bits per heavy atom. The topological polar surface area (TPSA) is 75.4 Å². The van der Waals surface area contributed by atoms with Crippen LogP contribution in [0.5, 0.6) is 0 Å². The quantitative estimate of drug-likeness (QED) is 0.832. The van der Waals surface area contributed by atoms with Crippen LogP contribution in [0.2, 0.25) is 0 Å². The second kappa shape index (κ2) is 4.08. The molecule has 17 heavy (non-hydrogen) atoms. The SMILES string of the molecule is CCn1cnc(S(=O)(=O)N2CCC(C)(O)C2)c1. The van der Waals surface area contributed by atoms with Crippen LogP contribution in [0, 0.1) is 0 Å². The van der Waals surface area contributed by atoms with Crippen molar-refractivity contribution >= 4 is 10.0 Å². The van der Waals surface area contributed by atoms with Gasteiger partial charge in [-0.05, 0) is 20.3 Å². The van der Waals surface area contributed by atoms with Gasteiger partial charge in [0.05, 0.1) is 11.9 Å². The minimum Gasteiger partial charge on any atom is -0.389 e. The van der Waals surface area contributed by atoms with E-state index in [0.717, 1.165) is 0 Å². The Labute approximate surface area is 101 Å². The number of hydrogen-bond acceptors (Lipinski definition) is 4. The molecule has 1 aliphatic heterocycles. The lowest BCUT2D eigenvalue weighted by Crippen LogP contribution is -2.34. The zero-order chi connectivity index (χ0) is 12.7. The first-order chi connectivity index (χ1) is 7.85. The van der Waals surface area contributed by atoms with Crippen LogP contribution in [-0.2, 0) is 16.6 Å². The first-order valence-electron chi connectivity index (χ1n) is 5.59. The lowest BCUT2D eigenvalue weighted by atomic mass is 10.1. The van der Waals surface area contributed by atoms with Crippen molar-refractivity contribution in [1.82, 2.24) is 13.9 Å². The van der Waals surface area contributed by atoms with Gasteiger partial charge in [-0.25, -0.2) is 13.4 Å². The Balaban J connectivity index is 2.25. The van der Waals surface area contributed by atoms with E-state index in [4.69, 9.17) is 0 Å². The number of hydrogen-bond donors (Lipinski definition) is 1. The molecule has 0 spiro atoms. The standard InChI is InChI=1S/C10H17N3O3S/c1-3-12-6-9(11-8-12)17(15,16)13-5-4-10(2,14)7-13/h6,8,14H,3-5,7H2,1-2H3. The lowest BCUT2D eigenvalue weighted by molar-refractivity contribution is 0.0762. The van der Waals surface area contributed by atoms with Gasteiger partial charge >= 0.3 is 0 Å². The molecule has 1 aliphatic rings. The molecule has 96 valence electrons.